The molecular weight excluding hydrogens is 302 g/mol. The molecule has 0 aliphatic carbocycles. The Balaban J connectivity index is 2.45. The van der Waals surface area contributed by atoms with E-state index in [0.29, 0.717) is 12.3 Å². The Morgan fingerprint density at radius 1 is 1.29 bits per heavy atom. The van der Waals surface area contributed by atoms with Crippen molar-refractivity contribution in [1.82, 2.24) is 15.1 Å². The summed E-state index contributed by atoms with van der Waals surface area (Å²) in [5.74, 6) is 1.16. The van der Waals surface area contributed by atoms with E-state index < -0.39 is 0 Å². The zero-order chi connectivity index (χ0) is 17.8. The second-order valence-corrected chi connectivity index (χ2v) is 6.59. The minimum absolute atomic E-state index is 0.194. The standard InChI is InChI=1S/C18H37N5O/c1-4-20-18(21-11-7-8-12-22(5-2)6-3)23-13-9-10-16(15-23)14-17(19)24/h16H,4-15H2,1-3H3,(H2,19,24)(H,20,21). The van der Waals surface area contributed by atoms with E-state index in [1.807, 2.05) is 0 Å². The first-order valence-corrected chi connectivity index (χ1v) is 9.64. The molecule has 1 aliphatic rings. The molecule has 1 rings (SSSR count). The molecule has 0 radical (unpaired) electrons. The lowest BCUT2D eigenvalue weighted by molar-refractivity contribution is -0.119. The van der Waals surface area contributed by atoms with Crippen molar-refractivity contribution in [2.24, 2.45) is 16.6 Å². The molecule has 0 bridgehead atoms. The maximum atomic E-state index is 11.2. The summed E-state index contributed by atoms with van der Waals surface area (Å²) in [4.78, 5) is 20.7. The van der Waals surface area contributed by atoms with Crippen LogP contribution >= 0.6 is 0 Å². The highest BCUT2D eigenvalue weighted by atomic mass is 16.1. The van der Waals surface area contributed by atoms with E-state index in [0.717, 1.165) is 71.0 Å². The van der Waals surface area contributed by atoms with Crippen molar-refractivity contribution in [2.75, 3.05) is 45.8 Å². The van der Waals surface area contributed by atoms with Gasteiger partial charge < -0.3 is 20.9 Å². The predicted octanol–water partition coefficient (Wildman–Crippen LogP) is 1.66. The third kappa shape index (κ3) is 7.99. The Bertz CT molecular complexity index is 382. The van der Waals surface area contributed by atoms with Gasteiger partial charge in [-0.15, -0.1) is 0 Å². The van der Waals surface area contributed by atoms with Crippen LogP contribution in [0.25, 0.3) is 0 Å². The second kappa shape index (κ2) is 12.1. The van der Waals surface area contributed by atoms with E-state index in [9.17, 15) is 4.79 Å². The summed E-state index contributed by atoms with van der Waals surface area (Å²) in [7, 11) is 0. The fourth-order valence-corrected chi connectivity index (χ4v) is 3.31. The lowest BCUT2D eigenvalue weighted by atomic mass is 9.95. The van der Waals surface area contributed by atoms with Crippen LogP contribution in [-0.2, 0) is 4.79 Å². The highest BCUT2D eigenvalue weighted by Gasteiger charge is 2.23. The van der Waals surface area contributed by atoms with Crippen molar-refractivity contribution >= 4 is 11.9 Å². The summed E-state index contributed by atoms with van der Waals surface area (Å²) in [6, 6.07) is 0. The number of carbonyl (C=O) groups excluding carboxylic acids is 1. The minimum atomic E-state index is -0.194. The monoisotopic (exact) mass is 339 g/mol. The van der Waals surface area contributed by atoms with Crippen molar-refractivity contribution in [1.29, 1.82) is 0 Å². The summed E-state index contributed by atoms with van der Waals surface area (Å²) < 4.78 is 0. The fourth-order valence-electron chi connectivity index (χ4n) is 3.31. The number of hydrogen-bond donors (Lipinski definition) is 2. The number of primary amides is 1. The number of rotatable bonds is 10. The summed E-state index contributed by atoms with van der Waals surface area (Å²) >= 11 is 0. The topological polar surface area (TPSA) is 74.0 Å². The van der Waals surface area contributed by atoms with E-state index in [1.165, 1.54) is 6.42 Å². The number of nitrogens with two attached hydrogens (primary N) is 1. The van der Waals surface area contributed by atoms with Crippen molar-refractivity contribution in [3.63, 3.8) is 0 Å². The molecule has 140 valence electrons. The van der Waals surface area contributed by atoms with Crippen LogP contribution in [0, 0.1) is 5.92 Å². The van der Waals surface area contributed by atoms with Gasteiger partial charge in [0.05, 0.1) is 0 Å². The summed E-state index contributed by atoms with van der Waals surface area (Å²) in [5, 5.41) is 3.40. The zero-order valence-electron chi connectivity index (χ0n) is 15.9. The van der Waals surface area contributed by atoms with Crippen LogP contribution in [0.1, 0.15) is 52.9 Å². The molecule has 24 heavy (non-hydrogen) atoms. The molecule has 1 unspecified atom stereocenters. The van der Waals surface area contributed by atoms with Crippen molar-refractivity contribution in [2.45, 2.75) is 52.9 Å². The van der Waals surface area contributed by atoms with E-state index in [2.05, 4.69) is 35.9 Å². The van der Waals surface area contributed by atoms with Crippen LogP contribution < -0.4 is 11.1 Å². The molecule has 3 N–H and O–H groups in total. The first kappa shape index (κ1) is 20.7. The highest BCUT2D eigenvalue weighted by Crippen LogP contribution is 2.19. The SMILES string of the molecule is CCNC(=NCCCCN(CC)CC)N1CCCC(CC(N)=O)C1. The molecule has 1 saturated heterocycles. The maximum absolute atomic E-state index is 11.2. The van der Waals surface area contributed by atoms with Gasteiger partial charge in [-0.25, -0.2) is 0 Å². The van der Waals surface area contributed by atoms with E-state index in [-0.39, 0.29) is 5.91 Å². The molecule has 0 spiro atoms. The maximum Gasteiger partial charge on any atom is 0.217 e. The quantitative estimate of drug-likeness (QED) is 0.361. The fraction of sp³-hybridized carbons (Fsp3) is 0.889. The van der Waals surface area contributed by atoms with Gasteiger partial charge in [0.1, 0.15) is 0 Å². The molecule has 1 aliphatic heterocycles. The number of amides is 1. The number of nitrogens with zero attached hydrogens (tertiary/aromatic N) is 3. The van der Waals surface area contributed by atoms with Gasteiger partial charge in [-0.1, -0.05) is 13.8 Å². The first-order valence-electron chi connectivity index (χ1n) is 9.64. The smallest absolute Gasteiger partial charge is 0.217 e. The van der Waals surface area contributed by atoms with Crippen LogP contribution in [0.5, 0.6) is 0 Å². The lowest BCUT2D eigenvalue weighted by Crippen LogP contribution is -2.47. The van der Waals surface area contributed by atoms with Gasteiger partial charge in [-0.3, -0.25) is 9.79 Å². The van der Waals surface area contributed by atoms with E-state index >= 15 is 0 Å². The number of piperidine rings is 1. The second-order valence-electron chi connectivity index (χ2n) is 6.59. The molecule has 0 aromatic carbocycles. The number of carbonyl (C=O) groups is 1. The van der Waals surface area contributed by atoms with Gasteiger partial charge in [-0.05, 0) is 58.2 Å². The average Bonchev–Trinajstić information content (AvgIpc) is 2.57. The summed E-state index contributed by atoms with van der Waals surface area (Å²) in [6.45, 7) is 13.6. The van der Waals surface area contributed by atoms with E-state index in [1.54, 1.807) is 0 Å². The Morgan fingerprint density at radius 3 is 2.67 bits per heavy atom. The molecular formula is C18H37N5O. The Labute approximate surface area is 147 Å². The Morgan fingerprint density at radius 2 is 2.04 bits per heavy atom. The van der Waals surface area contributed by atoms with Crippen molar-refractivity contribution in [3.05, 3.63) is 0 Å². The summed E-state index contributed by atoms with van der Waals surface area (Å²) in [6.07, 6.45) is 4.98. The van der Waals surface area contributed by atoms with Crippen molar-refractivity contribution < 1.29 is 4.79 Å². The van der Waals surface area contributed by atoms with Crippen LogP contribution in [-0.4, -0.2) is 67.5 Å². The number of unbranched alkanes of at least 4 members (excludes halogenated alkanes) is 1. The normalized spacial score (nSPS) is 18.9. The molecule has 0 aromatic rings. The van der Waals surface area contributed by atoms with Crippen molar-refractivity contribution in [3.8, 4) is 0 Å². The number of hydrogen-bond acceptors (Lipinski definition) is 3. The Kier molecular flexibility index (Phi) is 10.5. The molecule has 1 amide bonds. The van der Waals surface area contributed by atoms with Crippen LogP contribution in [0.2, 0.25) is 0 Å². The first-order chi connectivity index (χ1) is 11.6. The highest BCUT2D eigenvalue weighted by molar-refractivity contribution is 5.80. The van der Waals surface area contributed by atoms with Gasteiger partial charge in [-0.2, -0.15) is 0 Å². The van der Waals surface area contributed by atoms with Crippen LogP contribution in [0.4, 0.5) is 0 Å². The van der Waals surface area contributed by atoms with Crippen LogP contribution in [0.3, 0.4) is 0 Å². The number of nitrogens with one attached hydrogen (secondary N) is 1. The van der Waals surface area contributed by atoms with Gasteiger partial charge >= 0.3 is 0 Å². The molecule has 6 nitrogen and oxygen atoms in total. The largest absolute Gasteiger partial charge is 0.370 e. The predicted molar refractivity (Wildman–Crippen MR) is 101 cm³/mol. The number of likely N-dealkylation sites (tertiary alicyclic amines) is 1. The molecule has 6 heteroatoms. The Hall–Kier alpha value is -1.30. The number of guanidine groups is 1. The number of aliphatic imine (C=N–C) groups is 1. The van der Waals surface area contributed by atoms with Crippen LogP contribution in [0.15, 0.2) is 4.99 Å². The molecule has 0 aromatic heterocycles. The van der Waals surface area contributed by atoms with Gasteiger partial charge in [0.25, 0.3) is 0 Å². The molecule has 0 saturated carbocycles. The van der Waals surface area contributed by atoms with E-state index in [4.69, 9.17) is 10.7 Å². The molecule has 1 atom stereocenters. The molecule has 1 heterocycles. The zero-order valence-corrected chi connectivity index (χ0v) is 15.9. The average molecular weight is 340 g/mol. The third-order valence-corrected chi connectivity index (χ3v) is 4.68. The van der Waals surface area contributed by atoms with Gasteiger partial charge in [0.15, 0.2) is 5.96 Å². The van der Waals surface area contributed by atoms with Gasteiger partial charge in [0.2, 0.25) is 5.91 Å². The summed E-state index contributed by atoms with van der Waals surface area (Å²) in [5.41, 5.74) is 5.36. The lowest BCUT2D eigenvalue weighted by Gasteiger charge is -2.34. The third-order valence-electron chi connectivity index (χ3n) is 4.68. The van der Waals surface area contributed by atoms with Gasteiger partial charge in [0, 0.05) is 32.6 Å². The molecule has 1 fully saturated rings. The minimum Gasteiger partial charge on any atom is -0.370 e.